The topological polar surface area (TPSA) is 60.2 Å². The zero-order valence-corrected chi connectivity index (χ0v) is 16.7. The van der Waals surface area contributed by atoms with Gasteiger partial charge >= 0.3 is 0 Å². The van der Waals surface area contributed by atoms with Gasteiger partial charge in [-0.1, -0.05) is 23.7 Å². The molecule has 2 aromatic heterocycles. The van der Waals surface area contributed by atoms with E-state index in [2.05, 4.69) is 23.9 Å². The van der Waals surface area contributed by atoms with Crippen LogP contribution in [-0.4, -0.2) is 45.8 Å². The molecule has 3 aromatic rings. The minimum atomic E-state index is -0.0954. The van der Waals surface area contributed by atoms with E-state index in [-0.39, 0.29) is 11.9 Å². The number of carbonyl (C=O) groups is 1. The Bertz CT molecular complexity index is 968. The van der Waals surface area contributed by atoms with Gasteiger partial charge in [0.15, 0.2) is 5.65 Å². The molecule has 0 spiro atoms. The lowest BCUT2D eigenvalue weighted by molar-refractivity contribution is 0.0773. The van der Waals surface area contributed by atoms with Crippen LogP contribution in [-0.2, 0) is 0 Å². The molecule has 0 saturated heterocycles. The zero-order chi connectivity index (χ0) is 19.6. The largest absolute Gasteiger partial charge is 0.490 e. The molecule has 1 aromatic carbocycles. The monoisotopic (exact) mass is 386 g/mol. The van der Waals surface area contributed by atoms with E-state index in [9.17, 15) is 4.79 Å². The van der Waals surface area contributed by atoms with Crippen LogP contribution in [0, 0.1) is 6.92 Å². The van der Waals surface area contributed by atoms with Crippen LogP contribution >= 0.6 is 11.6 Å². The Morgan fingerprint density at radius 3 is 2.78 bits per heavy atom. The molecule has 1 amide bonds. The third-order valence-corrected chi connectivity index (χ3v) is 4.66. The van der Waals surface area contributed by atoms with E-state index in [1.54, 1.807) is 30.3 Å². The lowest BCUT2D eigenvalue weighted by Crippen LogP contribution is -2.31. The minimum absolute atomic E-state index is 0.0954. The number of rotatable bonds is 6. The summed E-state index contributed by atoms with van der Waals surface area (Å²) in [6.45, 7) is 6.74. The van der Waals surface area contributed by atoms with E-state index in [0.717, 1.165) is 11.0 Å². The van der Waals surface area contributed by atoms with Crippen molar-refractivity contribution >= 4 is 28.5 Å². The van der Waals surface area contributed by atoms with Crippen molar-refractivity contribution in [2.24, 2.45) is 0 Å². The maximum atomic E-state index is 12.8. The SMILES string of the molecule is Cc1nc2c(cnn2C(C)C)cc1C(=O)N(C)CCOc1ccccc1Cl. The first kappa shape index (κ1) is 19.2. The molecular formula is C20H23ClN4O2. The molecule has 0 aliphatic carbocycles. The number of hydrogen-bond acceptors (Lipinski definition) is 4. The van der Waals surface area contributed by atoms with Gasteiger partial charge in [0.2, 0.25) is 0 Å². The van der Waals surface area contributed by atoms with Crippen molar-refractivity contribution in [1.29, 1.82) is 0 Å². The second-order valence-electron chi connectivity index (χ2n) is 6.72. The highest BCUT2D eigenvalue weighted by Crippen LogP contribution is 2.23. The lowest BCUT2D eigenvalue weighted by atomic mass is 10.1. The van der Waals surface area contributed by atoms with E-state index < -0.39 is 0 Å². The lowest BCUT2D eigenvalue weighted by Gasteiger charge is -2.19. The molecule has 142 valence electrons. The third kappa shape index (κ3) is 4.06. The molecule has 27 heavy (non-hydrogen) atoms. The van der Waals surface area contributed by atoms with Crippen molar-refractivity contribution in [2.75, 3.05) is 20.2 Å². The van der Waals surface area contributed by atoms with Gasteiger partial charge in [-0.25, -0.2) is 9.67 Å². The number of nitrogens with zero attached hydrogens (tertiary/aromatic N) is 4. The van der Waals surface area contributed by atoms with Gasteiger partial charge in [-0.2, -0.15) is 5.10 Å². The molecule has 0 saturated carbocycles. The highest BCUT2D eigenvalue weighted by Gasteiger charge is 2.18. The van der Waals surface area contributed by atoms with Crippen molar-refractivity contribution in [2.45, 2.75) is 26.8 Å². The maximum Gasteiger partial charge on any atom is 0.255 e. The first-order chi connectivity index (χ1) is 12.9. The molecule has 2 heterocycles. The molecule has 0 atom stereocenters. The van der Waals surface area contributed by atoms with E-state index in [1.165, 1.54) is 0 Å². The molecule has 0 fully saturated rings. The van der Waals surface area contributed by atoms with Gasteiger partial charge in [-0.05, 0) is 39.0 Å². The smallest absolute Gasteiger partial charge is 0.255 e. The summed E-state index contributed by atoms with van der Waals surface area (Å²) in [6.07, 6.45) is 1.75. The summed E-state index contributed by atoms with van der Waals surface area (Å²) in [4.78, 5) is 19.1. The first-order valence-electron chi connectivity index (χ1n) is 8.86. The summed E-state index contributed by atoms with van der Waals surface area (Å²) >= 11 is 6.08. The Morgan fingerprint density at radius 2 is 2.07 bits per heavy atom. The number of benzene rings is 1. The molecule has 6 nitrogen and oxygen atoms in total. The summed E-state index contributed by atoms with van der Waals surface area (Å²) in [5.74, 6) is 0.516. The van der Waals surface area contributed by atoms with Gasteiger partial charge in [0.1, 0.15) is 12.4 Å². The van der Waals surface area contributed by atoms with E-state index in [1.807, 2.05) is 29.8 Å². The molecule has 7 heteroatoms. The number of ether oxygens (including phenoxy) is 1. The summed E-state index contributed by atoms with van der Waals surface area (Å²) in [5, 5.41) is 5.78. The molecule has 0 N–H and O–H groups in total. The standard InChI is InChI=1S/C20H23ClN4O2/c1-13(2)25-19-15(12-22-25)11-16(14(3)23-19)20(26)24(4)9-10-27-18-8-6-5-7-17(18)21/h5-8,11-13H,9-10H2,1-4H3. The van der Waals surface area contributed by atoms with Gasteiger partial charge in [0.05, 0.1) is 29.0 Å². The van der Waals surface area contributed by atoms with Gasteiger partial charge in [0.25, 0.3) is 5.91 Å². The quantitative estimate of drug-likeness (QED) is 0.639. The predicted octanol–water partition coefficient (Wildman–Crippen LogP) is 4.13. The minimum Gasteiger partial charge on any atom is -0.490 e. The van der Waals surface area contributed by atoms with Crippen LogP contribution in [0.1, 0.15) is 35.9 Å². The zero-order valence-electron chi connectivity index (χ0n) is 15.9. The highest BCUT2D eigenvalue weighted by molar-refractivity contribution is 6.32. The van der Waals surface area contributed by atoms with Crippen molar-refractivity contribution in [3.05, 3.63) is 52.8 Å². The van der Waals surface area contributed by atoms with Crippen LogP contribution in [0.25, 0.3) is 11.0 Å². The van der Waals surface area contributed by atoms with Crippen LogP contribution in [0.5, 0.6) is 5.75 Å². The van der Waals surface area contributed by atoms with Crippen LogP contribution in [0.3, 0.4) is 0 Å². The molecule has 0 bridgehead atoms. The molecule has 3 rings (SSSR count). The first-order valence-corrected chi connectivity index (χ1v) is 9.24. The second kappa shape index (κ2) is 7.96. The van der Waals surface area contributed by atoms with E-state index in [0.29, 0.717) is 35.2 Å². The maximum absolute atomic E-state index is 12.8. The Kier molecular flexibility index (Phi) is 5.65. The summed E-state index contributed by atoms with van der Waals surface area (Å²) in [7, 11) is 1.75. The van der Waals surface area contributed by atoms with Crippen LogP contribution in [0.4, 0.5) is 0 Å². The number of likely N-dealkylation sites (N-methyl/N-ethyl adjacent to an activating group) is 1. The summed E-state index contributed by atoms with van der Waals surface area (Å²) in [6, 6.07) is 9.35. The van der Waals surface area contributed by atoms with Gasteiger partial charge in [-0.15, -0.1) is 0 Å². The number of para-hydroxylation sites is 1. The molecule has 0 unspecified atom stereocenters. The Morgan fingerprint density at radius 1 is 1.33 bits per heavy atom. The fourth-order valence-electron chi connectivity index (χ4n) is 2.82. The molecule has 0 radical (unpaired) electrons. The Hall–Kier alpha value is -2.60. The fraction of sp³-hybridized carbons (Fsp3) is 0.350. The Balaban J connectivity index is 1.71. The van der Waals surface area contributed by atoms with Gasteiger partial charge in [0, 0.05) is 18.5 Å². The van der Waals surface area contributed by atoms with Crippen molar-refractivity contribution in [1.82, 2.24) is 19.7 Å². The van der Waals surface area contributed by atoms with Crippen molar-refractivity contribution < 1.29 is 9.53 Å². The number of halogens is 1. The summed E-state index contributed by atoms with van der Waals surface area (Å²) in [5.41, 5.74) is 2.06. The third-order valence-electron chi connectivity index (χ3n) is 4.35. The van der Waals surface area contributed by atoms with E-state index >= 15 is 0 Å². The van der Waals surface area contributed by atoms with Crippen molar-refractivity contribution in [3.8, 4) is 5.75 Å². The fourth-order valence-corrected chi connectivity index (χ4v) is 3.01. The van der Waals surface area contributed by atoms with Crippen LogP contribution < -0.4 is 4.74 Å². The number of aromatic nitrogens is 3. The molecule has 0 aliphatic rings. The number of carbonyl (C=O) groups excluding carboxylic acids is 1. The number of pyridine rings is 1. The Labute approximate surface area is 163 Å². The second-order valence-corrected chi connectivity index (χ2v) is 7.13. The average Bonchev–Trinajstić information content (AvgIpc) is 3.04. The number of amides is 1. The van der Waals surface area contributed by atoms with E-state index in [4.69, 9.17) is 16.3 Å². The van der Waals surface area contributed by atoms with Crippen LogP contribution in [0.2, 0.25) is 5.02 Å². The van der Waals surface area contributed by atoms with Crippen LogP contribution in [0.15, 0.2) is 36.5 Å². The van der Waals surface area contributed by atoms with Crippen molar-refractivity contribution in [3.63, 3.8) is 0 Å². The normalized spacial score (nSPS) is 11.2. The highest BCUT2D eigenvalue weighted by atomic mass is 35.5. The summed E-state index contributed by atoms with van der Waals surface area (Å²) < 4.78 is 7.53. The molecular weight excluding hydrogens is 364 g/mol. The van der Waals surface area contributed by atoms with Gasteiger partial charge < -0.3 is 9.64 Å². The number of hydrogen-bond donors (Lipinski definition) is 0. The number of aryl methyl sites for hydroxylation is 1. The van der Waals surface area contributed by atoms with Gasteiger partial charge in [-0.3, -0.25) is 4.79 Å². The molecule has 0 aliphatic heterocycles. The predicted molar refractivity (Wildman–Crippen MR) is 107 cm³/mol. The average molecular weight is 387 g/mol. The number of fused-ring (bicyclic) bond motifs is 1.